The first-order chi connectivity index (χ1) is 11.1. The number of nitrogens with zero attached hydrogens (tertiary/aromatic N) is 2. The number of amides is 1. The molecule has 6 heteroatoms. The Morgan fingerprint density at radius 1 is 1.22 bits per heavy atom. The van der Waals surface area contributed by atoms with Gasteiger partial charge in [-0.3, -0.25) is 4.79 Å². The molecule has 0 unspecified atom stereocenters. The summed E-state index contributed by atoms with van der Waals surface area (Å²) in [5, 5.41) is 13.4. The van der Waals surface area contributed by atoms with E-state index in [-0.39, 0.29) is 12.3 Å². The van der Waals surface area contributed by atoms with Crippen LogP contribution in [-0.4, -0.2) is 33.1 Å². The monoisotopic (exact) mass is 312 g/mol. The molecule has 23 heavy (non-hydrogen) atoms. The lowest BCUT2D eigenvalue weighted by molar-refractivity contribution is -0.142. The Bertz CT molecular complexity index is 778. The third-order valence-corrected chi connectivity index (χ3v) is 4.53. The average Bonchev–Trinajstić information content (AvgIpc) is 3.30. The minimum Gasteiger partial charge on any atom is -0.480 e. The number of fused-ring (bicyclic) bond motifs is 1. The fourth-order valence-corrected chi connectivity index (χ4v) is 3.06. The van der Waals surface area contributed by atoms with E-state index in [2.05, 4.69) is 5.16 Å². The lowest BCUT2D eigenvalue weighted by Crippen LogP contribution is -2.48. The number of carbonyl (C=O) groups excluding carboxylic acids is 1. The smallest absolute Gasteiger partial charge is 0.326 e. The van der Waals surface area contributed by atoms with Crippen molar-refractivity contribution < 1.29 is 19.2 Å². The van der Waals surface area contributed by atoms with Crippen molar-refractivity contribution in [2.24, 2.45) is 0 Å². The van der Waals surface area contributed by atoms with Gasteiger partial charge in [-0.2, -0.15) is 0 Å². The highest BCUT2D eigenvalue weighted by Gasteiger charge is 2.37. The van der Waals surface area contributed by atoms with Gasteiger partial charge in [0, 0.05) is 24.9 Å². The van der Waals surface area contributed by atoms with E-state index in [9.17, 15) is 14.7 Å². The second-order valence-corrected chi connectivity index (χ2v) is 6.15. The van der Waals surface area contributed by atoms with Crippen LogP contribution >= 0.6 is 0 Å². The number of hydrogen-bond donors (Lipinski definition) is 1. The Morgan fingerprint density at radius 2 is 1.96 bits per heavy atom. The van der Waals surface area contributed by atoms with Gasteiger partial charge in [-0.05, 0) is 24.0 Å². The molecule has 1 aromatic heterocycles. The maximum atomic E-state index is 12.7. The Kier molecular flexibility index (Phi) is 3.18. The SMILES string of the molecule is O=C(O)[C@H]1Cc2ccccc2CN1C(=O)c1cc(C2CC2)no1. The molecule has 1 amide bonds. The van der Waals surface area contributed by atoms with E-state index in [0.717, 1.165) is 29.7 Å². The summed E-state index contributed by atoms with van der Waals surface area (Å²) in [7, 11) is 0. The molecule has 118 valence electrons. The molecular formula is C17H16N2O4. The summed E-state index contributed by atoms with van der Waals surface area (Å²) in [6.45, 7) is 0.269. The van der Waals surface area contributed by atoms with Crippen LogP contribution in [0.5, 0.6) is 0 Å². The maximum absolute atomic E-state index is 12.7. The molecule has 0 radical (unpaired) electrons. The topological polar surface area (TPSA) is 83.6 Å². The number of hydrogen-bond acceptors (Lipinski definition) is 4. The summed E-state index contributed by atoms with van der Waals surface area (Å²) >= 11 is 0. The van der Waals surface area contributed by atoms with Crippen LogP contribution in [-0.2, 0) is 17.8 Å². The molecule has 2 aliphatic rings. The minimum absolute atomic E-state index is 0.123. The normalized spacial score (nSPS) is 20.2. The van der Waals surface area contributed by atoms with Gasteiger partial charge in [0.15, 0.2) is 0 Å². The summed E-state index contributed by atoms with van der Waals surface area (Å²) in [6, 6.07) is 8.37. The van der Waals surface area contributed by atoms with Crippen LogP contribution in [0.15, 0.2) is 34.9 Å². The first kappa shape index (κ1) is 14.0. The third kappa shape index (κ3) is 2.50. The zero-order valence-electron chi connectivity index (χ0n) is 12.4. The first-order valence-electron chi connectivity index (χ1n) is 7.70. The van der Waals surface area contributed by atoms with Gasteiger partial charge in [0.2, 0.25) is 5.76 Å². The van der Waals surface area contributed by atoms with E-state index in [4.69, 9.17) is 4.52 Å². The van der Waals surface area contributed by atoms with Crippen LogP contribution in [0.1, 0.15) is 46.1 Å². The van der Waals surface area contributed by atoms with E-state index in [1.54, 1.807) is 6.07 Å². The van der Waals surface area contributed by atoms with Crippen molar-refractivity contribution in [2.45, 2.75) is 37.8 Å². The summed E-state index contributed by atoms with van der Waals surface area (Å²) in [5.41, 5.74) is 2.73. The third-order valence-electron chi connectivity index (χ3n) is 4.53. The number of aromatic nitrogens is 1. The van der Waals surface area contributed by atoms with Crippen molar-refractivity contribution in [1.82, 2.24) is 10.1 Å². The first-order valence-corrected chi connectivity index (χ1v) is 7.70. The predicted molar refractivity (Wildman–Crippen MR) is 79.9 cm³/mol. The van der Waals surface area contributed by atoms with Crippen LogP contribution in [0.4, 0.5) is 0 Å². The van der Waals surface area contributed by atoms with Gasteiger partial charge >= 0.3 is 5.97 Å². The maximum Gasteiger partial charge on any atom is 0.326 e. The molecule has 2 heterocycles. The van der Waals surface area contributed by atoms with Crippen LogP contribution < -0.4 is 0 Å². The van der Waals surface area contributed by atoms with Gasteiger partial charge in [0.1, 0.15) is 6.04 Å². The summed E-state index contributed by atoms with van der Waals surface area (Å²) < 4.78 is 5.16. The van der Waals surface area contributed by atoms with Crippen LogP contribution in [0.3, 0.4) is 0 Å². The lowest BCUT2D eigenvalue weighted by atomic mass is 9.93. The number of benzene rings is 1. The molecule has 1 aliphatic heterocycles. The molecule has 0 spiro atoms. The molecule has 4 rings (SSSR count). The average molecular weight is 312 g/mol. The van der Waals surface area contributed by atoms with Crippen LogP contribution in [0, 0.1) is 0 Å². The highest BCUT2D eigenvalue weighted by atomic mass is 16.5. The van der Waals surface area contributed by atoms with E-state index in [0.29, 0.717) is 12.3 Å². The van der Waals surface area contributed by atoms with Gasteiger partial charge in [-0.25, -0.2) is 4.79 Å². The molecular weight excluding hydrogens is 296 g/mol. The van der Waals surface area contributed by atoms with E-state index in [1.807, 2.05) is 24.3 Å². The van der Waals surface area contributed by atoms with Crippen molar-refractivity contribution in [1.29, 1.82) is 0 Å². The molecule has 1 aromatic carbocycles. The van der Waals surface area contributed by atoms with E-state index < -0.39 is 17.9 Å². The number of carboxylic acid groups (broad SMARTS) is 1. The Hall–Kier alpha value is -2.63. The highest BCUT2D eigenvalue weighted by Crippen LogP contribution is 2.39. The number of aliphatic carboxylic acids is 1. The Balaban J connectivity index is 1.64. The molecule has 6 nitrogen and oxygen atoms in total. The number of carbonyl (C=O) groups is 2. The van der Waals surface area contributed by atoms with Crippen molar-refractivity contribution in [3.8, 4) is 0 Å². The lowest BCUT2D eigenvalue weighted by Gasteiger charge is -2.33. The summed E-state index contributed by atoms with van der Waals surface area (Å²) in [5.74, 6) is -0.906. The molecule has 1 N–H and O–H groups in total. The largest absolute Gasteiger partial charge is 0.480 e. The van der Waals surface area contributed by atoms with Crippen molar-refractivity contribution in [3.63, 3.8) is 0 Å². The summed E-state index contributed by atoms with van der Waals surface area (Å²) in [4.78, 5) is 25.7. The number of carboxylic acids is 1. The second-order valence-electron chi connectivity index (χ2n) is 6.15. The standard InChI is InChI=1S/C17H16N2O4/c20-16(15-8-13(18-23-15)10-5-6-10)19-9-12-4-2-1-3-11(12)7-14(19)17(21)22/h1-4,8,10,14H,5-7,9H2,(H,21,22)/t14-/m1/s1. The Labute approximate surface area is 132 Å². The fourth-order valence-electron chi connectivity index (χ4n) is 3.06. The zero-order valence-corrected chi connectivity index (χ0v) is 12.4. The molecule has 1 aliphatic carbocycles. The number of rotatable bonds is 3. The van der Waals surface area contributed by atoms with Crippen LogP contribution in [0.2, 0.25) is 0 Å². The van der Waals surface area contributed by atoms with Gasteiger partial charge in [-0.15, -0.1) is 0 Å². The fraction of sp³-hybridized carbons (Fsp3) is 0.353. The van der Waals surface area contributed by atoms with E-state index >= 15 is 0 Å². The van der Waals surface area contributed by atoms with Crippen molar-refractivity contribution in [2.75, 3.05) is 0 Å². The highest BCUT2D eigenvalue weighted by molar-refractivity contribution is 5.94. The van der Waals surface area contributed by atoms with Gasteiger partial charge in [0.25, 0.3) is 5.91 Å². The predicted octanol–water partition coefficient (Wildman–Crippen LogP) is 2.20. The quantitative estimate of drug-likeness (QED) is 0.939. The van der Waals surface area contributed by atoms with Crippen LogP contribution in [0.25, 0.3) is 0 Å². The molecule has 1 fully saturated rings. The zero-order chi connectivity index (χ0) is 16.0. The summed E-state index contributed by atoms with van der Waals surface area (Å²) in [6.07, 6.45) is 2.44. The molecule has 1 atom stereocenters. The molecule has 1 saturated carbocycles. The van der Waals surface area contributed by atoms with E-state index in [1.165, 1.54) is 4.90 Å². The minimum atomic E-state index is -1.00. The van der Waals surface area contributed by atoms with Crippen molar-refractivity contribution in [3.05, 3.63) is 52.9 Å². The molecule has 0 saturated heterocycles. The Morgan fingerprint density at radius 3 is 2.65 bits per heavy atom. The molecule has 2 aromatic rings. The van der Waals surface area contributed by atoms with Gasteiger partial charge in [-0.1, -0.05) is 29.4 Å². The van der Waals surface area contributed by atoms with Gasteiger partial charge < -0.3 is 14.5 Å². The molecule has 0 bridgehead atoms. The van der Waals surface area contributed by atoms with Crippen molar-refractivity contribution >= 4 is 11.9 Å². The van der Waals surface area contributed by atoms with Gasteiger partial charge in [0.05, 0.1) is 5.69 Å². The second kappa shape index (κ2) is 5.22.